The van der Waals surface area contributed by atoms with E-state index in [0.717, 1.165) is 77.2 Å². The van der Waals surface area contributed by atoms with Crippen LogP contribution in [0.5, 0.6) is 0 Å². The molecule has 2 fully saturated rings. The van der Waals surface area contributed by atoms with Crippen LogP contribution in [0.3, 0.4) is 0 Å². The third kappa shape index (κ3) is 9.02. The second-order valence-electron chi connectivity index (χ2n) is 7.68. The first-order valence-electron chi connectivity index (χ1n) is 10.6. The summed E-state index contributed by atoms with van der Waals surface area (Å²) in [6, 6.07) is 10.7. The summed E-state index contributed by atoms with van der Waals surface area (Å²) in [5, 5.41) is 3.51. The number of hydrogen-bond donors (Lipinski definition) is 1. The minimum absolute atomic E-state index is 0. The molecule has 1 aromatic carbocycles. The molecule has 2 heterocycles. The summed E-state index contributed by atoms with van der Waals surface area (Å²) in [4.78, 5) is 8.25. The van der Waals surface area contributed by atoms with Gasteiger partial charge in [-0.2, -0.15) is 0 Å². The van der Waals surface area contributed by atoms with Crippen LogP contribution < -0.4 is 5.32 Å². The number of likely N-dealkylation sites (tertiary alicyclic amines) is 1. The predicted octanol–water partition coefficient (Wildman–Crippen LogP) is 4.13. The zero-order valence-corrected chi connectivity index (χ0v) is 20.7. The average Bonchev–Trinajstić information content (AvgIpc) is 3.22. The van der Waals surface area contributed by atoms with Gasteiger partial charge in [0.15, 0.2) is 5.96 Å². The molecule has 0 aromatic heterocycles. The molecular weight excluding hydrogens is 497 g/mol. The van der Waals surface area contributed by atoms with Crippen molar-refractivity contribution in [3.05, 3.63) is 30.3 Å². The fourth-order valence-electron chi connectivity index (χ4n) is 3.76. The second-order valence-corrected chi connectivity index (χ2v) is 8.78. The van der Waals surface area contributed by atoms with Crippen LogP contribution in [0, 0.1) is 11.8 Å². The van der Waals surface area contributed by atoms with Gasteiger partial charge < -0.3 is 19.7 Å². The van der Waals surface area contributed by atoms with Gasteiger partial charge in [-0.3, -0.25) is 4.99 Å². The predicted molar refractivity (Wildman–Crippen MR) is 133 cm³/mol. The van der Waals surface area contributed by atoms with Gasteiger partial charge in [0.05, 0.1) is 0 Å². The molecule has 0 amide bonds. The molecule has 0 bridgehead atoms. The Morgan fingerprint density at radius 3 is 2.76 bits per heavy atom. The number of nitrogens with zero attached hydrogens (tertiary/aromatic N) is 2. The second kappa shape index (κ2) is 14.5. The van der Waals surface area contributed by atoms with Crippen LogP contribution in [0.1, 0.15) is 25.7 Å². The molecule has 0 aliphatic carbocycles. The molecule has 7 heteroatoms. The van der Waals surface area contributed by atoms with Crippen LogP contribution in [-0.4, -0.2) is 69.7 Å². The number of hydrogen-bond acceptors (Lipinski definition) is 4. The number of thioether (sulfide) groups is 1. The van der Waals surface area contributed by atoms with Crippen LogP contribution in [0.2, 0.25) is 0 Å². The van der Waals surface area contributed by atoms with Gasteiger partial charge in [-0.15, -0.1) is 35.7 Å². The van der Waals surface area contributed by atoms with E-state index in [1.54, 1.807) is 0 Å². The summed E-state index contributed by atoms with van der Waals surface area (Å²) in [6.45, 7) is 6.60. The van der Waals surface area contributed by atoms with E-state index in [1.165, 1.54) is 17.1 Å². The van der Waals surface area contributed by atoms with Crippen LogP contribution in [-0.2, 0) is 9.47 Å². The fourth-order valence-corrected chi connectivity index (χ4v) is 4.81. The highest BCUT2D eigenvalue weighted by molar-refractivity contribution is 14.0. The smallest absolute Gasteiger partial charge is 0.193 e. The lowest BCUT2D eigenvalue weighted by atomic mass is 10.0. The summed E-state index contributed by atoms with van der Waals surface area (Å²) >= 11 is 1.97. The molecule has 2 aliphatic heterocycles. The maximum Gasteiger partial charge on any atom is 0.193 e. The molecular formula is C22H36IN3O2S. The van der Waals surface area contributed by atoms with Gasteiger partial charge >= 0.3 is 0 Å². The highest BCUT2D eigenvalue weighted by Gasteiger charge is 2.24. The van der Waals surface area contributed by atoms with Crippen molar-refractivity contribution in [3.8, 4) is 0 Å². The Morgan fingerprint density at radius 1 is 1.21 bits per heavy atom. The maximum atomic E-state index is 5.85. The lowest BCUT2D eigenvalue weighted by Crippen LogP contribution is -2.40. The van der Waals surface area contributed by atoms with Gasteiger partial charge in [0, 0.05) is 63.8 Å². The van der Waals surface area contributed by atoms with Crippen molar-refractivity contribution < 1.29 is 9.47 Å². The van der Waals surface area contributed by atoms with Gasteiger partial charge in [0.1, 0.15) is 0 Å². The Kier molecular flexibility index (Phi) is 12.4. The highest BCUT2D eigenvalue weighted by Crippen LogP contribution is 2.25. The van der Waals surface area contributed by atoms with E-state index in [2.05, 4.69) is 45.5 Å². The Bertz CT molecular complexity index is 585. The molecule has 0 saturated carbocycles. The lowest BCUT2D eigenvalue weighted by molar-refractivity contribution is 0.0203. The SMILES string of the molecule is CN=C(NCCCOCC1CCOCC1)N1CCC(CSc2ccccc2)C1.I. The molecule has 5 nitrogen and oxygen atoms in total. The fraction of sp³-hybridized carbons (Fsp3) is 0.682. The molecule has 164 valence electrons. The van der Waals surface area contributed by atoms with Gasteiger partial charge in [-0.1, -0.05) is 18.2 Å². The van der Waals surface area contributed by atoms with Crippen molar-refractivity contribution in [1.82, 2.24) is 10.2 Å². The van der Waals surface area contributed by atoms with Gasteiger partial charge in [0.2, 0.25) is 0 Å². The molecule has 3 rings (SSSR count). The first kappa shape index (κ1) is 24.8. The first-order chi connectivity index (χ1) is 13.8. The van der Waals surface area contributed by atoms with Crippen LogP contribution in [0.25, 0.3) is 0 Å². The van der Waals surface area contributed by atoms with E-state index in [-0.39, 0.29) is 24.0 Å². The van der Waals surface area contributed by atoms with Gasteiger partial charge in [-0.25, -0.2) is 0 Å². The van der Waals surface area contributed by atoms with Crippen molar-refractivity contribution in [1.29, 1.82) is 0 Å². The summed E-state index contributed by atoms with van der Waals surface area (Å²) < 4.78 is 11.2. The standard InChI is InChI=1S/C22H35N3O2S.HI/c1-23-22(24-11-5-13-27-17-19-9-14-26-15-10-19)25-12-8-20(16-25)18-28-21-6-3-2-4-7-21;/h2-4,6-7,19-20H,5,8-18H2,1H3,(H,23,24);1H. The Morgan fingerprint density at radius 2 is 2.00 bits per heavy atom. The van der Waals surface area contributed by atoms with E-state index in [4.69, 9.17) is 9.47 Å². The molecule has 1 unspecified atom stereocenters. The number of aliphatic imine (C=N–C) groups is 1. The summed E-state index contributed by atoms with van der Waals surface area (Å²) in [5.74, 6) is 3.63. The van der Waals surface area contributed by atoms with Crippen molar-refractivity contribution >= 4 is 41.7 Å². The molecule has 2 aliphatic rings. The lowest BCUT2D eigenvalue weighted by Gasteiger charge is -2.23. The number of halogens is 1. The van der Waals surface area contributed by atoms with Crippen molar-refractivity contribution in [2.75, 3.05) is 58.9 Å². The van der Waals surface area contributed by atoms with E-state index in [1.807, 2.05) is 18.8 Å². The molecule has 2 saturated heterocycles. The summed E-state index contributed by atoms with van der Waals surface area (Å²) in [6.07, 6.45) is 4.55. The molecule has 1 N–H and O–H groups in total. The Balaban J connectivity index is 0.00000300. The van der Waals surface area contributed by atoms with Gasteiger partial charge in [-0.05, 0) is 49.7 Å². The van der Waals surface area contributed by atoms with Crippen molar-refractivity contribution in [2.24, 2.45) is 16.8 Å². The van der Waals surface area contributed by atoms with E-state index >= 15 is 0 Å². The molecule has 0 radical (unpaired) electrons. The van der Waals surface area contributed by atoms with Gasteiger partial charge in [0.25, 0.3) is 0 Å². The van der Waals surface area contributed by atoms with E-state index in [9.17, 15) is 0 Å². The summed E-state index contributed by atoms with van der Waals surface area (Å²) in [5.41, 5.74) is 0. The minimum atomic E-state index is 0. The van der Waals surface area contributed by atoms with Crippen LogP contribution >= 0.6 is 35.7 Å². The average molecular weight is 534 g/mol. The number of benzene rings is 1. The van der Waals surface area contributed by atoms with Crippen molar-refractivity contribution in [2.45, 2.75) is 30.6 Å². The number of rotatable bonds is 9. The minimum Gasteiger partial charge on any atom is -0.381 e. The third-order valence-electron chi connectivity index (χ3n) is 5.47. The van der Waals surface area contributed by atoms with E-state index in [0.29, 0.717) is 5.92 Å². The van der Waals surface area contributed by atoms with Crippen LogP contribution in [0.4, 0.5) is 0 Å². The normalized spacial score (nSPS) is 20.5. The first-order valence-corrected chi connectivity index (χ1v) is 11.6. The number of ether oxygens (including phenoxy) is 2. The molecule has 29 heavy (non-hydrogen) atoms. The summed E-state index contributed by atoms with van der Waals surface area (Å²) in [7, 11) is 1.88. The topological polar surface area (TPSA) is 46.1 Å². The number of guanidine groups is 1. The molecule has 0 spiro atoms. The van der Waals surface area contributed by atoms with E-state index < -0.39 is 0 Å². The Hall–Kier alpha value is -0.510. The van der Waals surface area contributed by atoms with Crippen LogP contribution in [0.15, 0.2) is 40.2 Å². The Labute approximate surface area is 197 Å². The quantitative estimate of drug-likeness (QED) is 0.170. The highest BCUT2D eigenvalue weighted by atomic mass is 127. The maximum absolute atomic E-state index is 5.85. The molecule has 1 atom stereocenters. The monoisotopic (exact) mass is 533 g/mol. The zero-order chi connectivity index (χ0) is 19.4. The molecule has 1 aromatic rings. The van der Waals surface area contributed by atoms with Crippen molar-refractivity contribution in [3.63, 3.8) is 0 Å². The third-order valence-corrected chi connectivity index (χ3v) is 6.71. The number of nitrogens with one attached hydrogen (secondary N) is 1. The zero-order valence-electron chi connectivity index (χ0n) is 17.6. The largest absolute Gasteiger partial charge is 0.381 e.